The van der Waals surface area contributed by atoms with Gasteiger partial charge in [0.25, 0.3) is 0 Å². The zero-order valence-corrected chi connectivity index (χ0v) is 14.1. The highest BCUT2D eigenvalue weighted by Gasteiger charge is 2.28. The Hall–Kier alpha value is -1.11. The van der Waals surface area contributed by atoms with E-state index in [2.05, 4.69) is 5.32 Å². The number of nitrogens with zero attached hydrogens (tertiary/aromatic N) is 1. The Morgan fingerprint density at radius 3 is 2.82 bits per heavy atom. The molecule has 0 aliphatic carbocycles. The van der Waals surface area contributed by atoms with Gasteiger partial charge in [0.05, 0.1) is 18.8 Å². The van der Waals surface area contributed by atoms with E-state index in [1.807, 2.05) is 36.3 Å². The highest BCUT2D eigenvalue weighted by molar-refractivity contribution is 7.10. The molecule has 22 heavy (non-hydrogen) atoms. The minimum atomic E-state index is -0.398. The summed E-state index contributed by atoms with van der Waals surface area (Å²) in [4.78, 5) is 14.9. The van der Waals surface area contributed by atoms with Gasteiger partial charge in [0, 0.05) is 24.5 Å². The van der Waals surface area contributed by atoms with Crippen LogP contribution in [0.4, 0.5) is 4.79 Å². The van der Waals surface area contributed by atoms with Crippen molar-refractivity contribution in [3.63, 3.8) is 0 Å². The number of hydrogen-bond acceptors (Lipinski definition) is 4. The minimum absolute atomic E-state index is 0.0311. The third-order valence-electron chi connectivity index (χ3n) is 3.94. The molecule has 2 N–H and O–H groups in total. The topological polar surface area (TPSA) is 61.8 Å². The van der Waals surface area contributed by atoms with Crippen molar-refractivity contribution < 1.29 is 14.6 Å². The first-order valence-electron chi connectivity index (χ1n) is 7.93. The van der Waals surface area contributed by atoms with Gasteiger partial charge in [-0.05, 0) is 44.1 Å². The van der Waals surface area contributed by atoms with Crippen LogP contribution < -0.4 is 5.32 Å². The quantitative estimate of drug-likeness (QED) is 0.790. The Kier molecular flexibility index (Phi) is 6.67. The Labute approximate surface area is 136 Å². The Morgan fingerprint density at radius 1 is 1.50 bits per heavy atom. The number of rotatable bonds is 6. The van der Waals surface area contributed by atoms with E-state index in [0.29, 0.717) is 26.2 Å². The zero-order valence-electron chi connectivity index (χ0n) is 13.3. The van der Waals surface area contributed by atoms with Gasteiger partial charge in [0.2, 0.25) is 0 Å². The second kappa shape index (κ2) is 8.50. The van der Waals surface area contributed by atoms with Crippen molar-refractivity contribution in [3.8, 4) is 0 Å². The fraction of sp³-hybridized carbons (Fsp3) is 0.688. The number of nitrogens with one attached hydrogen (secondary N) is 1. The second-order valence-corrected chi connectivity index (χ2v) is 6.92. The molecule has 2 rings (SSSR count). The summed E-state index contributed by atoms with van der Waals surface area (Å²) >= 11 is 1.59. The van der Waals surface area contributed by atoms with Gasteiger partial charge < -0.3 is 20.1 Å². The molecule has 0 bridgehead atoms. The van der Waals surface area contributed by atoms with E-state index in [1.54, 1.807) is 11.3 Å². The molecule has 0 unspecified atom stereocenters. The molecule has 0 radical (unpaired) electrons. The summed E-state index contributed by atoms with van der Waals surface area (Å²) in [5.74, 6) is 0.243. The summed E-state index contributed by atoms with van der Waals surface area (Å²) in [7, 11) is 0. The van der Waals surface area contributed by atoms with Crippen molar-refractivity contribution >= 4 is 17.4 Å². The van der Waals surface area contributed by atoms with Gasteiger partial charge in [0.15, 0.2) is 0 Å². The first-order chi connectivity index (χ1) is 10.6. The van der Waals surface area contributed by atoms with Crippen molar-refractivity contribution in [2.24, 2.45) is 5.92 Å². The number of urea groups is 1. The molecule has 0 saturated carbocycles. The molecule has 1 fully saturated rings. The maximum atomic E-state index is 12.0. The van der Waals surface area contributed by atoms with Gasteiger partial charge in [-0.2, -0.15) is 0 Å². The zero-order chi connectivity index (χ0) is 15.9. The van der Waals surface area contributed by atoms with Crippen LogP contribution in [0.3, 0.4) is 0 Å². The number of hydrogen-bond donors (Lipinski definition) is 2. The lowest BCUT2D eigenvalue weighted by molar-refractivity contribution is 0.0660. The molecule has 1 atom stereocenters. The summed E-state index contributed by atoms with van der Waals surface area (Å²) in [6, 6.07) is 3.91. The van der Waals surface area contributed by atoms with Crippen LogP contribution in [0.15, 0.2) is 17.5 Å². The van der Waals surface area contributed by atoms with Crippen LogP contribution in [0.2, 0.25) is 0 Å². The molecule has 1 saturated heterocycles. The smallest absolute Gasteiger partial charge is 0.317 e. The van der Waals surface area contributed by atoms with Crippen molar-refractivity contribution in [1.29, 1.82) is 0 Å². The van der Waals surface area contributed by atoms with Gasteiger partial charge in [0.1, 0.15) is 0 Å². The van der Waals surface area contributed by atoms with Crippen LogP contribution in [0.25, 0.3) is 0 Å². The van der Waals surface area contributed by atoms with E-state index in [1.165, 1.54) is 0 Å². The fourth-order valence-corrected chi connectivity index (χ4v) is 3.48. The molecule has 1 aliphatic heterocycles. The summed E-state index contributed by atoms with van der Waals surface area (Å²) in [5, 5.41) is 15.2. The van der Waals surface area contributed by atoms with E-state index in [4.69, 9.17) is 4.74 Å². The van der Waals surface area contributed by atoms with Crippen LogP contribution in [0, 0.1) is 5.92 Å². The average Bonchev–Trinajstić information content (AvgIpc) is 3.05. The molecule has 6 heteroatoms. The Balaban J connectivity index is 1.69. The number of carbonyl (C=O) groups excluding carboxylic acids is 1. The number of carbonyl (C=O) groups is 1. The third-order valence-corrected chi connectivity index (χ3v) is 4.88. The van der Waals surface area contributed by atoms with Gasteiger partial charge in [-0.1, -0.05) is 6.07 Å². The van der Waals surface area contributed by atoms with E-state index in [-0.39, 0.29) is 18.1 Å². The highest BCUT2D eigenvalue weighted by atomic mass is 32.1. The van der Waals surface area contributed by atoms with Crippen LogP contribution >= 0.6 is 11.3 Å². The Bertz CT molecular complexity index is 442. The van der Waals surface area contributed by atoms with Crippen molar-refractivity contribution in [1.82, 2.24) is 10.2 Å². The lowest BCUT2D eigenvalue weighted by Gasteiger charge is -2.34. The van der Waals surface area contributed by atoms with Crippen molar-refractivity contribution in [2.45, 2.75) is 38.9 Å². The van der Waals surface area contributed by atoms with E-state index in [0.717, 1.165) is 17.7 Å². The first kappa shape index (κ1) is 17.2. The predicted octanol–water partition coefficient (Wildman–Crippen LogP) is 2.63. The minimum Gasteiger partial charge on any atom is -0.387 e. The molecule has 1 aromatic rings. The normalized spacial score (nSPS) is 17.7. The summed E-state index contributed by atoms with van der Waals surface area (Å²) in [6.45, 7) is 6.43. The molecule has 2 amide bonds. The summed E-state index contributed by atoms with van der Waals surface area (Å²) < 4.78 is 5.40. The van der Waals surface area contributed by atoms with Gasteiger partial charge in [-0.15, -0.1) is 11.3 Å². The van der Waals surface area contributed by atoms with Crippen LogP contribution in [-0.4, -0.2) is 48.4 Å². The fourth-order valence-electron chi connectivity index (χ4n) is 2.67. The van der Waals surface area contributed by atoms with Crippen molar-refractivity contribution in [3.05, 3.63) is 22.4 Å². The molecular weight excluding hydrogens is 300 g/mol. The van der Waals surface area contributed by atoms with Gasteiger partial charge >= 0.3 is 6.03 Å². The largest absolute Gasteiger partial charge is 0.387 e. The molecule has 0 aromatic carbocycles. The standard InChI is InChI=1S/C16H26N2O3S/c1-12(2)21-10-7-17-16(20)18-8-5-13(6-9-18)15(19)14-4-3-11-22-14/h3-4,11-13,15,19H,5-10H2,1-2H3,(H,17,20)/t15-/m0/s1. The summed E-state index contributed by atoms with van der Waals surface area (Å²) in [6.07, 6.45) is 1.47. The van der Waals surface area contributed by atoms with Gasteiger partial charge in [-0.25, -0.2) is 4.79 Å². The Morgan fingerprint density at radius 2 is 2.23 bits per heavy atom. The monoisotopic (exact) mass is 326 g/mol. The molecule has 124 valence electrons. The number of aliphatic hydroxyl groups is 1. The first-order valence-corrected chi connectivity index (χ1v) is 8.81. The molecule has 2 heterocycles. The third kappa shape index (κ3) is 4.97. The van der Waals surface area contributed by atoms with Crippen molar-refractivity contribution in [2.75, 3.05) is 26.2 Å². The SMILES string of the molecule is CC(C)OCCNC(=O)N1CCC([C@H](O)c2cccs2)CC1. The molecule has 0 spiro atoms. The summed E-state index contributed by atoms with van der Waals surface area (Å²) in [5.41, 5.74) is 0. The second-order valence-electron chi connectivity index (χ2n) is 5.94. The predicted molar refractivity (Wildman–Crippen MR) is 88.1 cm³/mol. The van der Waals surface area contributed by atoms with Crippen LogP contribution in [0.1, 0.15) is 37.7 Å². The maximum Gasteiger partial charge on any atom is 0.317 e. The van der Waals surface area contributed by atoms with Crippen LogP contribution in [-0.2, 0) is 4.74 Å². The number of ether oxygens (including phenoxy) is 1. The molecule has 5 nitrogen and oxygen atoms in total. The average molecular weight is 326 g/mol. The lowest BCUT2D eigenvalue weighted by Crippen LogP contribution is -2.46. The highest BCUT2D eigenvalue weighted by Crippen LogP contribution is 2.32. The number of amides is 2. The van der Waals surface area contributed by atoms with E-state index in [9.17, 15) is 9.90 Å². The van der Waals surface area contributed by atoms with Gasteiger partial charge in [-0.3, -0.25) is 0 Å². The molecule has 1 aromatic heterocycles. The van der Waals surface area contributed by atoms with Crippen LogP contribution in [0.5, 0.6) is 0 Å². The van der Waals surface area contributed by atoms with E-state index >= 15 is 0 Å². The number of thiophene rings is 1. The maximum absolute atomic E-state index is 12.0. The molecular formula is C16H26N2O3S. The van der Waals surface area contributed by atoms with E-state index < -0.39 is 6.10 Å². The number of likely N-dealkylation sites (tertiary alicyclic amines) is 1. The number of piperidine rings is 1. The molecule has 1 aliphatic rings. The number of aliphatic hydroxyl groups excluding tert-OH is 1. The lowest BCUT2D eigenvalue weighted by atomic mass is 9.90.